The summed E-state index contributed by atoms with van der Waals surface area (Å²) in [5, 5.41) is 77.9. The molecule has 7 heteroatoms. The van der Waals surface area contributed by atoms with Crippen LogP contribution in [0.25, 0.3) is 0 Å². The summed E-state index contributed by atoms with van der Waals surface area (Å²) in [6.45, 7) is 4.77. The molecule has 4 rings (SSSR count). The van der Waals surface area contributed by atoms with Crippen LogP contribution in [0.15, 0.2) is 11.6 Å². The third-order valence-electron chi connectivity index (χ3n) is 9.34. The van der Waals surface area contributed by atoms with Crippen LogP contribution in [-0.2, 0) is 0 Å². The van der Waals surface area contributed by atoms with Crippen LogP contribution >= 0.6 is 0 Å². The zero-order valence-corrected chi connectivity index (χ0v) is 16.8. The van der Waals surface area contributed by atoms with E-state index < -0.39 is 58.0 Å². The van der Waals surface area contributed by atoms with Crippen molar-refractivity contribution in [3.8, 4) is 0 Å². The Kier molecular flexibility index (Phi) is 4.28. The number of aliphatic hydroxyl groups is 7. The fourth-order valence-electron chi connectivity index (χ4n) is 7.49. The Morgan fingerprint density at radius 3 is 2.29 bits per heavy atom. The van der Waals surface area contributed by atoms with Gasteiger partial charge in [0.05, 0.1) is 29.8 Å². The average Bonchev–Trinajstić information content (AvgIpc) is 2.85. The Balaban J connectivity index is 1.91. The first kappa shape index (κ1) is 20.7. The van der Waals surface area contributed by atoms with E-state index in [1.807, 2.05) is 13.0 Å². The third kappa shape index (κ3) is 1.99. The minimum absolute atomic E-state index is 0.00246. The van der Waals surface area contributed by atoms with Gasteiger partial charge in [-0.3, -0.25) is 0 Å². The number of aliphatic hydroxyl groups excluding tert-OH is 4. The lowest BCUT2D eigenvalue weighted by Crippen LogP contribution is -2.82. The quantitative estimate of drug-likeness (QED) is 0.298. The Morgan fingerprint density at radius 1 is 1.04 bits per heavy atom. The molecular weight excluding hydrogens is 364 g/mol. The lowest BCUT2D eigenvalue weighted by molar-refractivity contribution is -0.350. The molecule has 160 valence electrons. The van der Waals surface area contributed by atoms with Gasteiger partial charge in [0.25, 0.3) is 0 Å². The lowest BCUT2D eigenvalue weighted by atomic mass is 9.41. The molecule has 10 atom stereocenters. The van der Waals surface area contributed by atoms with Gasteiger partial charge >= 0.3 is 0 Å². The van der Waals surface area contributed by atoms with Gasteiger partial charge < -0.3 is 35.7 Å². The first-order valence-electron chi connectivity index (χ1n) is 10.4. The minimum Gasteiger partial charge on any atom is -0.393 e. The maximum atomic E-state index is 11.9. The first-order chi connectivity index (χ1) is 12.8. The van der Waals surface area contributed by atoms with Crippen LogP contribution in [0.2, 0.25) is 0 Å². The molecule has 28 heavy (non-hydrogen) atoms. The van der Waals surface area contributed by atoms with Gasteiger partial charge in [0.1, 0.15) is 16.8 Å². The first-order valence-corrected chi connectivity index (χ1v) is 10.4. The number of rotatable bonds is 1. The van der Waals surface area contributed by atoms with Crippen LogP contribution < -0.4 is 0 Å². The predicted octanol–water partition coefficient (Wildman–Crippen LogP) is -0.407. The molecule has 0 radical (unpaired) electrons. The van der Waals surface area contributed by atoms with Gasteiger partial charge in [-0.25, -0.2) is 0 Å². The van der Waals surface area contributed by atoms with E-state index in [-0.39, 0.29) is 19.3 Å². The molecule has 3 saturated carbocycles. The largest absolute Gasteiger partial charge is 0.393 e. The fraction of sp³-hybridized carbons (Fsp3) is 0.905. The Bertz CT molecular complexity index is 709. The lowest BCUT2D eigenvalue weighted by Gasteiger charge is -2.68. The van der Waals surface area contributed by atoms with E-state index in [9.17, 15) is 35.7 Å². The van der Waals surface area contributed by atoms with E-state index in [1.165, 1.54) is 13.8 Å². The van der Waals surface area contributed by atoms with E-state index in [0.717, 1.165) is 5.57 Å². The maximum Gasteiger partial charge on any atom is 0.105 e. The highest BCUT2D eigenvalue weighted by Crippen LogP contribution is 2.70. The second-order valence-corrected chi connectivity index (χ2v) is 10.2. The smallest absolute Gasteiger partial charge is 0.105 e. The van der Waals surface area contributed by atoms with Gasteiger partial charge in [-0.05, 0) is 50.9 Å². The molecule has 7 nitrogen and oxygen atoms in total. The molecule has 0 unspecified atom stereocenters. The van der Waals surface area contributed by atoms with Crippen molar-refractivity contribution in [1.82, 2.24) is 0 Å². The molecule has 0 aliphatic heterocycles. The summed E-state index contributed by atoms with van der Waals surface area (Å²) in [4.78, 5) is 0. The summed E-state index contributed by atoms with van der Waals surface area (Å²) in [6, 6.07) is 0. The van der Waals surface area contributed by atoms with E-state index in [1.54, 1.807) is 0 Å². The summed E-state index contributed by atoms with van der Waals surface area (Å²) >= 11 is 0. The summed E-state index contributed by atoms with van der Waals surface area (Å²) in [6.07, 6.45) is -1.29. The highest BCUT2D eigenvalue weighted by Gasteiger charge is 2.82. The van der Waals surface area contributed by atoms with Crippen molar-refractivity contribution >= 4 is 0 Å². The standard InChI is InChI=1S/C21H34O7/c1-11(22)19(26)8-9-21(28)18(19,3)16(25)14(24)15-17(2)6-5-13(23)10-12(17)4-7-20(15,21)27/h4,11,13-16,22-28H,5-10H2,1-3H3/t11-,13+,14+,15+,16-,17+,18-,19-,20+,21-/m1/s1. The van der Waals surface area contributed by atoms with Crippen LogP contribution in [0.5, 0.6) is 0 Å². The second-order valence-electron chi connectivity index (χ2n) is 10.2. The number of hydrogen-bond acceptors (Lipinski definition) is 7. The normalized spacial score (nSPS) is 59.7. The molecular formula is C21H34O7. The molecule has 4 aliphatic carbocycles. The van der Waals surface area contributed by atoms with Crippen LogP contribution in [0.1, 0.15) is 59.3 Å². The van der Waals surface area contributed by atoms with Gasteiger partial charge in [0.15, 0.2) is 0 Å². The highest BCUT2D eigenvalue weighted by molar-refractivity contribution is 5.37. The Labute approximate surface area is 165 Å². The Morgan fingerprint density at radius 2 is 1.68 bits per heavy atom. The summed E-state index contributed by atoms with van der Waals surface area (Å²) in [5.41, 5.74) is -6.99. The summed E-state index contributed by atoms with van der Waals surface area (Å²) < 4.78 is 0. The summed E-state index contributed by atoms with van der Waals surface area (Å²) in [7, 11) is 0. The third-order valence-corrected chi connectivity index (χ3v) is 9.34. The highest BCUT2D eigenvalue weighted by atomic mass is 16.4. The molecule has 0 bridgehead atoms. The number of hydrogen-bond donors (Lipinski definition) is 7. The topological polar surface area (TPSA) is 142 Å². The van der Waals surface area contributed by atoms with Gasteiger partial charge in [-0.2, -0.15) is 0 Å². The molecule has 4 aliphatic rings. The maximum absolute atomic E-state index is 11.9. The van der Waals surface area contributed by atoms with E-state index >= 15 is 0 Å². The van der Waals surface area contributed by atoms with Crippen LogP contribution in [0.4, 0.5) is 0 Å². The van der Waals surface area contributed by atoms with Crippen molar-refractivity contribution in [2.75, 3.05) is 0 Å². The van der Waals surface area contributed by atoms with E-state index in [2.05, 4.69) is 0 Å². The van der Waals surface area contributed by atoms with Crippen molar-refractivity contribution < 1.29 is 35.7 Å². The number of fused-ring (bicyclic) bond motifs is 5. The van der Waals surface area contributed by atoms with E-state index in [4.69, 9.17) is 0 Å². The SMILES string of the molecule is C[C@@H](O)[C@]1(O)CC[C@@]2(O)[C@]1(C)[C@H](O)[C@@H](O)[C@H]1[C@@]3(C)CC[C@H](O)CC3=CC[C@]12O. The van der Waals surface area contributed by atoms with Gasteiger partial charge in [0.2, 0.25) is 0 Å². The van der Waals surface area contributed by atoms with Crippen molar-refractivity contribution in [2.24, 2.45) is 16.7 Å². The molecule has 0 spiro atoms. The van der Waals surface area contributed by atoms with Crippen molar-refractivity contribution in [3.05, 3.63) is 11.6 Å². The van der Waals surface area contributed by atoms with Crippen LogP contribution in [0, 0.1) is 16.7 Å². The molecule has 0 saturated heterocycles. The zero-order chi connectivity index (χ0) is 20.9. The predicted molar refractivity (Wildman–Crippen MR) is 100 cm³/mol. The molecule has 3 fully saturated rings. The molecule has 0 amide bonds. The van der Waals surface area contributed by atoms with Crippen molar-refractivity contribution in [2.45, 2.75) is 101 Å². The van der Waals surface area contributed by atoms with Crippen molar-refractivity contribution in [1.29, 1.82) is 0 Å². The van der Waals surface area contributed by atoms with Gasteiger partial charge in [0, 0.05) is 5.92 Å². The van der Waals surface area contributed by atoms with Crippen molar-refractivity contribution in [3.63, 3.8) is 0 Å². The summed E-state index contributed by atoms with van der Waals surface area (Å²) in [5.74, 6) is -0.850. The zero-order valence-electron chi connectivity index (χ0n) is 16.8. The molecule has 0 aromatic heterocycles. The van der Waals surface area contributed by atoms with Gasteiger partial charge in [-0.1, -0.05) is 25.5 Å². The van der Waals surface area contributed by atoms with Crippen LogP contribution in [-0.4, -0.2) is 77.0 Å². The second kappa shape index (κ2) is 5.78. The molecule has 0 aromatic rings. The van der Waals surface area contributed by atoms with Crippen LogP contribution in [0.3, 0.4) is 0 Å². The minimum atomic E-state index is -1.89. The molecule has 7 N–H and O–H groups in total. The average molecular weight is 398 g/mol. The molecule has 0 heterocycles. The van der Waals surface area contributed by atoms with Gasteiger partial charge in [-0.15, -0.1) is 0 Å². The molecule has 0 aromatic carbocycles. The fourth-order valence-corrected chi connectivity index (χ4v) is 7.49. The monoisotopic (exact) mass is 398 g/mol. The van der Waals surface area contributed by atoms with E-state index in [0.29, 0.717) is 19.3 Å². The Hall–Kier alpha value is -0.540.